The number of hydrogen-bond acceptors (Lipinski definition) is 6. The molecule has 3 rings (SSSR count). The standard InChI is InChI=1S/C29H36F3NO5S2/c1-27(2,3)36-22-11-17-25(18-12-22)39(38-40(34,35)29(30,31)32,24-15-9-21(10-16-24)33(7)8)26-19-13-23(14-20-26)37-28(4,5)6/h9-20H,1-8H3. The Labute approximate surface area is 236 Å². The van der Waals surface area contributed by atoms with Crippen LogP contribution in [0.3, 0.4) is 0 Å². The van der Waals surface area contributed by atoms with Crippen LogP contribution in [0.2, 0.25) is 0 Å². The zero-order chi connectivity index (χ0) is 30.1. The van der Waals surface area contributed by atoms with E-state index in [1.807, 2.05) is 60.5 Å². The minimum Gasteiger partial charge on any atom is -0.488 e. The second kappa shape index (κ2) is 11.2. The van der Waals surface area contributed by atoms with Gasteiger partial charge in [-0.25, -0.2) is 0 Å². The Morgan fingerprint density at radius 3 is 1.20 bits per heavy atom. The number of alkyl halides is 3. The van der Waals surface area contributed by atoms with E-state index in [1.54, 1.807) is 72.8 Å². The SMILES string of the molecule is CN(C)c1ccc(S(OS(=O)(=O)C(F)(F)F)(c2ccc(OC(C)(C)C)cc2)c2ccc(OC(C)(C)C)cc2)cc1. The van der Waals surface area contributed by atoms with Crippen LogP contribution in [0.5, 0.6) is 11.5 Å². The van der Waals surface area contributed by atoms with Gasteiger partial charge in [0.1, 0.15) is 22.7 Å². The third-order valence-corrected chi connectivity index (χ3v) is 10.2. The van der Waals surface area contributed by atoms with Gasteiger partial charge in [0.05, 0.1) is 0 Å². The molecule has 0 bridgehead atoms. The van der Waals surface area contributed by atoms with Crippen molar-refractivity contribution in [3.05, 3.63) is 72.8 Å². The normalized spacial score (nSPS) is 13.6. The summed E-state index contributed by atoms with van der Waals surface area (Å²) in [4.78, 5) is 2.57. The van der Waals surface area contributed by atoms with Gasteiger partial charge in [-0.2, -0.15) is 25.2 Å². The van der Waals surface area contributed by atoms with Crippen LogP contribution in [-0.2, 0) is 13.7 Å². The van der Waals surface area contributed by atoms with Gasteiger partial charge in [0.2, 0.25) is 0 Å². The summed E-state index contributed by atoms with van der Waals surface area (Å²) in [5, 5.41) is 0. The molecule has 3 aromatic carbocycles. The van der Waals surface area contributed by atoms with Crippen LogP contribution in [0.4, 0.5) is 18.9 Å². The molecule has 0 amide bonds. The van der Waals surface area contributed by atoms with Gasteiger partial charge < -0.3 is 14.4 Å². The molecular weight excluding hydrogens is 563 g/mol. The average Bonchev–Trinajstić information content (AvgIpc) is 2.81. The highest BCUT2D eigenvalue weighted by molar-refractivity contribution is 8.33. The second-order valence-electron chi connectivity index (χ2n) is 11.3. The van der Waals surface area contributed by atoms with Crippen molar-refractivity contribution < 1.29 is 34.7 Å². The van der Waals surface area contributed by atoms with E-state index in [2.05, 4.69) is 0 Å². The number of ether oxygens (including phenoxy) is 2. The fourth-order valence-corrected chi connectivity index (χ4v) is 8.44. The summed E-state index contributed by atoms with van der Waals surface area (Å²) >= 11 is 0. The van der Waals surface area contributed by atoms with E-state index in [9.17, 15) is 21.6 Å². The molecule has 3 aromatic rings. The first kappa shape index (κ1) is 31.6. The molecule has 0 unspecified atom stereocenters. The van der Waals surface area contributed by atoms with Gasteiger partial charge in [0.25, 0.3) is 0 Å². The molecule has 0 heterocycles. The van der Waals surface area contributed by atoms with Crippen molar-refractivity contribution in [2.75, 3.05) is 19.0 Å². The van der Waals surface area contributed by atoms with Gasteiger partial charge >= 0.3 is 15.6 Å². The summed E-state index contributed by atoms with van der Waals surface area (Å²) in [7, 11) is -5.87. The molecule has 40 heavy (non-hydrogen) atoms. The average molecular weight is 600 g/mol. The first-order valence-corrected chi connectivity index (χ1v) is 15.4. The smallest absolute Gasteiger partial charge is 0.488 e. The Morgan fingerprint density at radius 2 is 0.925 bits per heavy atom. The van der Waals surface area contributed by atoms with Crippen molar-refractivity contribution in [2.24, 2.45) is 0 Å². The van der Waals surface area contributed by atoms with Gasteiger partial charge in [-0.3, -0.25) is 0 Å². The maximum atomic E-state index is 13.8. The summed E-state index contributed by atoms with van der Waals surface area (Å²) in [5.74, 6) is 0.945. The van der Waals surface area contributed by atoms with Gasteiger partial charge in [-0.15, -0.1) is 0 Å². The number of nitrogens with zero attached hydrogens (tertiary/aromatic N) is 1. The van der Waals surface area contributed by atoms with Gasteiger partial charge in [0, 0.05) is 34.5 Å². The van der Waals surface area contributed by atoms with Gasteiger partial charge in [-0.1, -0.05) is 0 Å². The fourth-order valence-electron chi connectivity index (χ4n) is 3.74. The maximum absolute atomic E-state index is 13.8. The third kappa shape index (κ3) is 7.44. The molecule has 0 aliphatic rings. The van der Waals surface area contributed by atoms with Crippen molar-refractivity contribution in [3.8, 4) is 11.5 Å². The van der Waals surface area contributed by atoms with Crippen molar-refractivity contribution in [3.63, 3.8) is 0 Å². The molecule has 0 radical (unpaired) electrons. The fraction of sp³-hybridized carbons (Fsp3) is 0.379. The maximum Gasteiger partial charge on any atom is 0.524 e. The summed E-state index contributed by atoms with van der Waals surface area (Å²) in [6.45, 7) is 11.2. The Kier molecular flexibility index (Phi) is 8.84. The number of benzene rings is 3. The molecule has 0 saturated heterocycles. The number of anilines is 1. The predicted molar refractivity (Wildman–Crippen MR) is 153 cm³/mol. The molecule has 0 aliphatic carbocycles. The van der Waals surface area contributed by atoms with Crippen LogP contribution in [0.15, 0.2) is 87.5 Å². The summed E-state index contributed by atoms with van der Waals surface area (Å²) in [5.41, 5.74) is -5.91. The number of halogens is 3. The second-order valence-corrected chi connectivity index (χ2v) is 15.7. The van der Waals surface area contributed by atoms with Crippen LogP contribution in [0, 0.1) is 0 Å². The largest absolute Gasteiger partial charge is 0.524 e. The van der Waals surface area contributed by atoms with Crippen LogP contribution in [0.1, 0.15) is 41.5 Å². The predicted octanol–water partition coefficient (Wildman–Crippen LogP) is 8.17. The van der Waals surface area contributed by atoms with E-state index in [4.69, 9.17) is 13.1 Å². The lowest BCUT2D eigenvalue weighted by molar-refractivity contribution is -0.0496. The highest BCUT2D eigenvalue weighted by atomic mass is 32.3. The quantitative estimate of drug-likeness (QED) is 0.243. The van der Waals surface area contributed by atoms with Gasteiger partial charge in [0.15, 0.2) is 0 Å². The lowest BCUT2D eigenvalue weighted by atomic mass is 10.2. The van der Waals surface area contributed by atoms with Gasteiger partial charge in [-0.05, 0) is 125 Å². The zero-order valence-corrected chi connectivity index (χ0v) is 25.5. The summed E-state index contributed by atoms with van der Waals surface area (Å²) in [6.07, 6.45) is 0. The molecule has 6 nitrogen and oxygen atoms in total. The molecule has 220 valence electrons. The highest BCUT2D eigenvalue weighted by Crippen LogP contribution is 2.71. The molecule has 0 saturated carbocycles. The van der Waals surface area contributed by atoms with Crippen LogP contribution in [0.25, 0.3) is 0 Å². The Bertz CT molecular complexity index is 1330. The number of rotatable bonds is 8. The minimum atomic E-state index is -6.04. The van der Waals surface area contributed by atoms with Crippen molar-refractivity contribution in [2.45, 2.75) is 72.9 Å². The molecule has 0 atom stereocenters. The monoisotopic (exact) mass is 599 g/mol. The summed E-state index contributed by atoms with van der Waals surface area (Å²) in [6, 6.07) is 19.1. The Morgan fingerprint density at radius 1 is 0.600 bits per heavy atom. The molecule has 0 fully saturated rings. The van der Waals surface area contributed by atoms with Crippen molar-refractivity contribution in [1.29, 1.82) is 0 Å². The van der Waals surface area contributed by atoms with E-state index in [1.165, 1.54) is 0 Å². The lowest BCUT2D eigenvalue weighted by Crippen LogP contribution is -2.27. The van der Waals surface area contributed by atoms with Crippen molar-refractivity contribution in [1.82, 2.24) is 0 Å². The van der Waals surface area contributed by atoms with E-state index < -0.39 is 37.1 Å². The molecule has 0 spiro atoms. The van der Waals surface area contributed by atoms with E-state index in [0.29, 0.717) is 11.5 Å². The topological polar surface area (TPSA) is 65.1 Å². The lowest BCUT2D eigenvalue weighted by Gasteiger charge is -2.39. The molecular formula is C29H36F3NO5S2. The first-order valence-electron chi connectivity index (χ1n) is 12.4. The van der Waals surface area contributed by atoms with Crippen LogP contribution in [-0.4, -0.2) is 39.2 Å². The van der Waals surface area contributed by atoms with E-state index in [0.717, 1.165) is 5.69 Å². The minimum absolute atomic E-state index is 0.240. The Balaban J connectivity index is 2.34. The van der Waals surface area contributed by atoms with E-state index in [-0.39, 0.29) is 14.7 Å². The molecule has 11 heteroatoms. The Hall–Kier alpha value is -2.89. The molecule has 0 N–H and O–H groups in total. The van der Waals surface area contributed by atoms with E-state index >= 15 is 0 Å². The zero-order valence-electron chi connectivity index (χ0n) is 23.9. The highest BCUT2D eigenvalue weighted by Gasteiger charge is 2.52. The molecule has 0 aromatic heterocycles. The molecule has 0 aliphatic heterocycles. The summed E-state index contributed by atoms with van der Waals surface area (Å²) < 4.78 is 84.0. The van der Waals surface area contributed by atoms with Crippen LogP contribution < -0.4 is 14.4 Å². The number of hydrogen-bond donors (Lipinski definition) is 0. The third-order valence-electron chi connectivity index (χ3n) is 5.32. The first-order chi connectivity index (χ1) is 18.2. The van der Waals surface area contributed by atoms with Crippen LogP contribution >= 0.6 is 10.3 Å². The van der Waals surface area contributed by atoms with Crippen molar-refractivity contribution >= 4 is 26.1 Å².